The molecule has 0 bridgehead atoms. The van der Waals surface area contributed by atoms with Gasteiger partial charge in [-0.2, -0.15) is 5.10 Å². The lowest BCUT2D eigenvalue weighted by Gasteiger charge is -2.08. The second-order valence-electron chi connectivity index (χ2n) is 8.62. The molecule has 3 N–H and O–H groups in total. The Bertz CT molecular complexity index is 1500. The van der Waals surface area contributed by atoms with Gasteiger partial charge in [0.25, 0.3) is 5.91 Å². The number of aromatic nitrogens is 2. The largest absolute Gasteiger partial charge is 0.325 e. The molecule has 8 nitrogen and oxygen atoms in total. The number of benzene rings is 2. The van der Waals surface area contributed by atoms with Crippen LogP contribution >= 0.6 is 11.3 Å². The number of ketones is 1. The van der Waals surface area contributed by atoms with Crippen molar-refractivity contribution in [2.24, 2.45) is 4.99 Å². The number of nitrogens with one attached hydrogen (secondary N) is 3. The zero-order chi connectivity index (χ0) is 25.2. The molecule has 0 fully saturated rings. The molecule has 2 aromatic carbocycles. The van der Waals surface area contributed by atoms with Crippen LogP contribution in [0.2, 0.25) is 0 Å². The van der Waals surface area contributed by atoms with Gasteiger partial charge in [0.2, 0.25) is 5.91 Å². The molecule has 36 heavy (non-hydrogen) atoms. The van der Waals surface area contributed by atoms with Gasteiger partial charge < -0.3 is 10.6 Å². The number of anilines is 2. The number of thiophene rings is 1. The quantitative estimate of drug-likeness (QED) is 0.238. The van der Waals surface area contributed by atoms with Crippen LogP contribution in [0.25, 0.3) is 0 Å². The Hall–Kier alpha value is -4.37. The number of carbonyl (C=O) groups is 3. The van der Waals surface area contributed by atoms with Crippen molar-refractivity contribution in [1.29, 1.82) is 0 Å². The number of aryl methyl sites for hydroxylation is 1. The minimum atomic E-state index is -0.477. The molecular weight excluding hydrogens is 474 g/mol. The first-order valence-electron chi connectivity index (χ1n) is 11.4. The smallest absolute Gasteiger partial charge is 0.265 e. The molecule has 0 saturated carbocycles. The van der Waals surface area contributed by atoms with Gasteiger partial charge in [-0.1, -0.05) is 24.3 Å². The lowest BCUT2D eigenvalue weighted by molar-refractivity contribution is -0.115. The molecular formula is C27H23N5O3S. The number of hydrogen-bond acceptors (Lipinski definition) is 6. The average molecular weight is 498 g/mol. The topological polar surface area (TPSA) is 116 Å². The first-order chi connectivity index (χ1) is 17.4. The molecule has 180 valence electrons. The Balaban J connectivity index is 1.26. The summed E-state index contributed by atoms with van der Waals surface area (Å²) in [5.74, 6) is -0.347. The Kier molecular flexibility index (Phi) is 6.30. The molecule has 1 aliphatic rings. The van der Waals surface area contributed by atoms with Crippen molar-refractivity contribution in [2.45, 2.75) is 26.2 Å². The summed E-state index contributed by atoms with van der Waals surface area (Å²) in [6.07, 6.45) is 2.30. The maximum atomic E-state index is 12.5. The number of H-pyrrole nitrogens is 1. The highest BCUT2D eigenvalue weighted by molar-refractivity contribution is 7.16. The Morgan fingerprint density at radius 2 is 1.81 bits per heavy atom. The number of rotatable bonds is 7. The lowest BCUT2D eigenvalue weighted by Crippen LogP contribution is -2.12. The molecule has 1 aliphatic heterocycles. The van der Waals surface area contributed by atoms with Crippen LogP contribution in [0.1, 0.15) is 54.6 Å². The average Bonchev–Trinajstić information content (AvgIpc) is 3.58. The van der Waals surface area contributed by atoms with Crippen LogP contribution in [-0.2, 0) is 11.2 Å². The molecule has 2 amide bonds. The third-order valence-corrected chi connectivity index (χ3v) is 7.02. The number of Topliss-reactive ketones (excluding diaryl/α,β-unsaturated/α-hetero) is 1. The van der Waals surface area contributed by atoms with Crippen LogP contribution in [0.5, 0.6) is 0 Å². The summed E-state index contributed by atoms with van der Waals surface area (Å²) >= 11 is 1.18. The van der Waals surface area contributed by atoms with Gasteiger partial charge in [0, 0.05) is 29.3 Å². The number of hydrogen-bond donors (Lipinski definition) is 3. The second-order valence-corrected chi connectivity index (χ2v) is 9.71. The van der Waals surface area contributed by atoms with Crippen LogP contribution in [0.3, 0.4) is 0 Å². The normalized spacial score (nSPS) is 14.6. The predicted molar refractivity (Wildman–Crippen MR) is 141 cm³/mol. The Morgan fingerprint density at radius 1 is 1.06 bits per heavy atom. The van der Waals surface area contributed by atoms with E-state index in [2.05, 4.69) is 25.8 Å². The van der Waals surface area contributed by atoms with Crippen LogP contribution in [0.15, 0.2) is 65.7 Å². The molecule has 2 aromatic heterocycles. The van der Waals surface area contributed by atoms with Crippen LogP contribution < -0.4 is 10.6 Å². The van der Waals surface area contributed by atoms with E-state index in [4.69, 9.17) is 0 Å². The maximum absolute atomic E-state index is 12.5. The molecule has 0 radical (unpaired) electrons. The summed E-state index contributed by atoms with van der Waals surface area (Å²) in [7, 11) is 0. The minimum Gasteiger partial charge on any atom is -0.325 e. The van der Waals surface area contributed by atoms with Crippen molar-refractivity contribution >= 4 is 52.3 Å². The van der Waals surface area contributed by atoms with E-state index in [1.807, 2.05) is 55.5 Å². The standard InChI is InChI=1S/C27H23N5O3S/c1-15-11-25(32-31-15)28-14-21-20-13-18(5-8-22(20)30-26(21)34)12-17-3-6-19(7-4-17)29-27(35)24-10-9-23(36-24)16(2)33/h3-11,13-14,21H,12H2,1-2H3,(H,29,35)(H,30,34)(H,31,32). The van der Waals surface area contributed by atoms with Gasteiger partial charge in [-0.05, 0) is 67.3 Å². The number of nitrogens with zero attached hydrogens (tertiary/aromatic N) is 2. The van der Waals surface area contributed by atoms with E-state index in [1.165, 1.54) is 18.3 Å². The Labute approximate surface area is 211 Å². The molecule has 9 heteroatoms. The fourth-order valence-corrected chi connectivity index (χ4v) is 4.79. The molecule has 3 heterocycles. The number of amides is 2. The van der Waals surface area contributed by atoms with E-state index in [-0.39, 0.29) is 17.6 Å². The van der Waals surface area contributed by atoms with Gasteiger partial charge in [-0.25, -0.2) is 4.99 Å². The van der Waals surface area contributed by atoms with E-state index in [0.29, 0.717) is 27.7 Å². The van der Waals surface area contributed by atoms with E-state index < -0.39 is 5.92 Å². The molecule has 0 saturated heterocycles. The van der Waals surface area contributed by atoms with E-state index in [0.717, 1.165) is 28.1 Å². The maximum Gasteiger partial charge on any atom is 0.265 e. The van der Waals surface area contributed by atoms with Crippen molar-refractivity contribution in [1.82, 2.24) is 10.2 Å². The molecule has 0 spiro atoms. The van der Waals surface area contributed by atoms with E-state index >= 15 is 0 Å². The van der Waals surface area contributed by atoms with Crippen molar-refractivity contribution in [3.05, 3.63) is 92.8 Å². The lowest BCUT2D eigenvalue weighted by atomic mass is 9.96. The highest BCUT2D eigenvalue weighted by Crippen LogP contribution is 2.33. The molecule has 1 unspecified atom stereocenters. The number of aromatic amines is 1. The zero-order valence-electron chi connectivity index (χ0n) is 19.7. The van der Waals surface area contributed by atoms with Crippen LogP contribution in [0, 0.1) is 6.92 Å². The Morgan fingerprint density at radius 3 is 2.50 bits per heavy atom. The van der Waals surface area contributed by atoms with Crippen molar-refractivity contribution in [2.75, 3.05) is 10.6 Å². The molecule has 1 atom stereocenters. The highest BCUT2D eigenvalue weighted by Gasteiger charge is 2.29. The zero-order valence-corrected chi connectivity index (χ0v) is 20.5. The SMILES string of the molecule is CC(=O)c1ccc(C(=O)Nc2ccc(Cc3ccc4c(c3)C(C=Nc3cc(C)[nH]n3)C(=O)N4)cc2)s1. The summed E-state index contributed by atoms with van der Waals surface area (Å²) < 4.78 is 0. The molecule has 5 rings (SSSR count). The summed E-state index contributed by atoms with van der Waals surface area (Å²) in [5, 5.41) is 12.7. The van der Waals surface area contributed by atoms with Gasteiger partial charge in [-0.15, -0.1) is 11.3 Å². The summed E-state index contributed by atoms with van der Waals surface area (Å²) in [5.41, 5.74) is 5.38. The number of carbonyl (C=O) groups excluding carboxylic acids is 3. The molecule has 4 aromatic rings. The van der Waals surface area contributed by atoms with Crippen LogP contribution in [-0.4, -0.2) is 34.0 Å². The predicted octanol–water partition coefficient (Wildman–Crippen LogP) is 5.26. The van der Waals surface area contributed by atoms with Crippen molar-refractivity contribution < 1.29 is 14.4 Å². The fourth-order valence-electron chi connectivity index (χ4n) is 4.00. The number of fused-ring (bicyclic) bond motifs is 1. The van der Waals surface area contributed by atoms with E-state index in [9.17, 15) is 14.4 Å². The summed E-state index contributed by atoms with van der Waals surface area (Å²) in [6.45, 7) is 3.38. The second kappa shape index (κ2) is 9.71. The summed E-state index contributed by atoms with van der Waals surface area (Å²) in [6, 6.07) is 18.7. The van der Waals surface area contributed by atoms with Crippen LogP contribution in [0.4, 0.5) is 17.2 Å². The van der Waals surface area contributed by atoms with Gasteiger partial charge in [0.1, 0.15) is 5.92 Å². The fraction of sp³-hybridized carbons (Fsp3) is 0.148. The first kappa shape index (κ1) is 23.4. The van der Waals surface area contributed by atoms with Gasteiger partial charge in [-0.3, -0.25) is 19.5 Å². The van der Waals surface area contributed by atoms with Gasteiger partial charge >= 0.3 is 0 Å². The van der Waals surface area contributed by atoms with Crippen molar-refractivity contribution in [3.63, 3.8) is 0 Å². The van der Waals surface area contributed by atoms with Gasteiger partial charge in [0.05, 0.1) is 9.75 Å². The number of aliphatic imine (C=N–C) groups is 1. The minimum absolute atomic E-state index is 0.0542. The van der Waals surface area contributed by atoms with E-state index in [1.54, 1.807) is 18.3 Å². The third kappa shape index (κ3) is 5.01. The first-order valence-corrected chi connectivity index (χ1v) is 12.2. The monoisotopic (exact) mass is 497 g/mol. The summed E-state index contributed by atoms with van der Waals surface area (Å²) in [4.78, 5) is 41.9. The highest BCUT2D eigenvalue weighted by atomic mass is 32.1. The third-order valence-electron chi connectivity index (χ3n) is 5.84. The van der Waals surface area contributed by atoms with Crippen molar-refractivity contribution in [3.8, 4) is 0 Å². The van der Waals surface area contributed by atoms with Gasteiger partial charge in [0.15, 0.2) is 11.6 Å². The molecule has 0 aliphatic carbocycles.